The molecule has 1 rings (SSSR count). The standard InChI is InChI=1S/C18H24N2O6/c1-6-24-15(21)13(16(22)25-7-2)10-12-8-9-14(19-11-12)20-17(23)26-18(3,4)5/h8-11H,6-7H2,1-5H3,(H,19,20,23). The average Bonchev–Trinajstić information content (AvgIpc) is 2.52. The summed E-state index contributed by atoms with van der Waals surface area (Å²) < 4.78 is 14.9. The van der Waals surface area contributed by atoms with E-state index < -0.39 is 23.6 Å². The average molecular weight is 364 g/mol. The molecule has 8 nitrogen and oxygen atoms in total. The first kappa shape index (κ1) is 21.1. The number of pyridine rings is 1. The second-order valence-electron chi connectivity index (χ2n) is 6.10. The van der Waals surface area contributed by atoms with Gasteiger partial charge in [0.05, 0.1) is 13.2 Å². The van der Waals surface area contributed by atoms with Crippen LogP contribution in [0.4, 0.5) is 10.6 Å². The van der Waals surface area contributed by atoms with Crippen LogP contribution in [0.3, 0.4) is 0 Å². The fraction of sp³-hybridized carbons (Fsp3) is 0.444. The van der Waals surface area contributed by atoms with E-state index in [2.05, 4.69) is 10.3 Å². The summed E-state index contributed by atoms with van der Waals surface area (Å²) in [5.41, 5.74) is -0.389. The number of carbonyl (C=O) groups is 3. The third-order valence-corrected chi connectivity index (χ3v) is 2.72. The molecule has 0 atom stereocenters. The Bertz CT molecular complexity index is 654. The second kappa shape index (κ2) is 9.55. The summed E-state index contributed by atoms with van der Waals surface area (Å²) in [7, 11) is 0. The van der Waals surface area contributed by atoms with Gasteiger partial charge < -0.3 is 14.2 Å². The summed E-state index contributed by atoms with van der Waals surface area (Å²) in [5, 5.41) is 2.49. The lowest BCUT2D eigenvalue weighted by molar-refractivity contribution is -0.146. The van der Waals surface area contributed by atoms with Crippen molar-refractivity contribution in [3.63, 3.8) is 0 Å². The lowest BCUT2D eigenvalue weighted by Gasteiger charge is -2.19. The van der Waals surface area contributed by atoms with Crippen LogP contribution in [0.5, 0.6) is 0 Å². The van der Waals surface area contributed by atoms with Crippen molar-refractivity contribution < 1.29 is 28.6 Å². The molecule has 1 aromatic heterocycles. The van der Waals surface area contributed by atoms with Gasteiger partial charge in [-0.1, -0.05) is 0 Å². The predicted octanol–water partition coefficient (Wildman–Crippen LogP) is 2.94. The monoisotopic (exact) mass is 364 g/mol. The minimum atomic E-state index is -0.776. The zero-order chi connectivity index (χ0) is 19.7. The predicted molar refractivity (Wildman–Crippen MR) is 95.3 cm³/mol. The van der Waals surface area contributed by atoms with Crippen molar-refractivity contribution in [3.8, 4) is 0 Å². The Labute approximate surface area is 152 Å². The fourth-order valence-corrected chi connectivity index (χ4v) is 1.76. The molecule has 0 bridgehead atoms. The van der Waals surface area contributed by atoms with Crippen molar-refractivity contribution in [2.45, 2.75) is 40.2 Å². The first-order valence-corrected chi connectivity index (χ1v) is 8.18. The molecular weight excluding hydrogens is 340 g/mol. The Kier molecular flexibility index (Phi) is 7.77. The number of ether oxygens (including phenoxy) is 3. The highest BCUT2D eigenvalue weighted by molar-refractivity contribution is 6.17. The highest BCUT2D eigenvalue weighted by Crippen LogP contribution is 2.13. The highest BCUT2D eigenvalue weighted by atomic mass is 16.6. The number of nitrogens with zero attached hydrogens (tertiary/aromatic N) is 1. The Balaban J connectivity index is 2.93. The molecule has 0 aliphatic carbocycles. The Morgan fingerprint density at radius 3 is 2.08 bits per heavy atom. The van der Waals surface area contributed by atoms with Crippen LogP contribution in [0.2, 0.25) is 0 Å². The molecular formula is C18H24N2O6. The lowest BCUT2D eigenvalue weighted by atomic mass is 10.1. The van der Waals surface area contributed by atoms with Crippen LogP contribution in [0.25, 0.3) is 6.08 Å². The van der Waals surface area contributed by atoms with Crippen LogP contribution < -0.4 is 5.32 Å². The molecule has 0 saturated heterocycles. The van der Waals surface area contributed by atoms with Crippen molar-refractivity contribution in [1.29, 1.82) is 0 Å². The van der Waals surface area contributed by atoms with E-state index in [9.17, 15) is 14.4 Å². The van der Waals surface area contributed by atoms with E-state index in [-0.39, 0.29) is 24.6 Å². The number of amides is 1. The number of hydrogen-bond acceptors (Lipinski definition) is 7. The Morgan fingerprint density at radius 2 is 1.65 bits per heavy atom. The lowest BCUT2D eigenvalue weighted by Crippen LogP contribution is -2.27. The van der Waals surface area contributed by atoms with Crippen molar-refractivity contribution in [2.75, 3.05) is 18.5 Å². The van der Waals surface area contributed by atoms with Gasteiger partial charge in [-0.15, -0.1) is 0 Å². The maximum atomic E-state index is 11.9. The third kappa shape index (κ3) is 7.33. The summed E-state index contributed by atoms with van der Waals surface area (Å²) in [4.78, 5) is 39.6. The number of esters is 2. The molecule has 1 aromatic rings. The molecule has 0 aliphatic heterocycles. The summed E-state index contributed by atoms with van der Waals surface area (Å²) in [5.74, 6) is -1.28. The van der Waals surface area contributed by atoms with Crippen LogP contribution in [0.1, 0.15) is 40.2 Å². The van der Waals surface area contributed by atoms with Crippen LogP contribution in [-0.4, -0.2) is 41.8 Å². The normalized spacial score (nSPS) is 10.5. The van der Waals surface area contributed by atoms with Gasteiger partial charge in [0.15, 0.2) is 0 Å². The molecule has 0 spiro atoms. The minimum Gasteiger partial charge on any atom is -0.462 e. The molecule has 0 aliphatic rings. The van der Waals surface area contributed by atoms with Crippen LogP contribution in [-0.2, 0) is 23.8 Å². The molecule has 0 radical (unpaired) electrons. The van der Waals surface area contributed by atoms with E-state index in [0.717, 1.165) is 0 Å². The largest absolute Gasteiger partial charge is 0.462 e. The van der Waals surface area contributed by atoms with Gasteiger partial charge in [0, 0.05) is 6.20 Å². The molecule has 0 aromatic carbocycles. The molecule has 1 heterocycles. The molecule has 142 valence electrons. The van der Waals surface area contributed by atoms with Crippen molar-refractivity contribution in [3.05, 3.63) is 29.5 Å². The summed E-state index contributed by atoms with van der Waals surface area (Å²) >= 11 is 0. The smallest absolute Gasteiger partial charge is 0.413 e. The number of rotatable bonds is 6. The van der Waals surface area contributed by atoms with Crippen molar-refractivity contribution in [2.24, 2.45) is 0 Å². The molecule has 0 fully saturated rings. The summed E-state index contributed by atoms with van der Waals surface area (Å²) in [6, 6.07) is 3.10. The maximum Gasteiger partial charge on any atom is 0.413 e. The quantitative estimate of drug-likeness (QED) is 0.272. The van der Waals surface area contributed by atoms with Gasteiger partial charge in [-0.25, -0.2) is 19.4 Å². The molecule has 0 saturated carbocycles. The molecule has 1 amide bonds. The van der Waals surface area contributed by atoms with E-state index in [0.29, 0.717) is 5.56 Å². The van der Waals surface area contributed by atoms with Crippen LogP contribution >= 0.6 is 0 Å². The Hall–Kier alpha value is -2.90. The van der Waals surface area contributed by atoms with E-state index in [1.165, 1.54) is 18.3 Å². The van der Waals surface area contributed by atoms with Crippen LogP contribution in [0, 0.1) is 0 Å². The SMILES string of the molecule is CCOC(=O)C(=Cc1ccc(NC(=O)OC(C)(C)C)nc1)C(=O)OCC. The number of aromatic nitrogens is 1. The van der Waals surface area contributed by atoms with Crippen molar-refractivity contribution in [1.82, 2.24) is 4.98 Å². The first-order valence-electron chi connectivity index (χ1n) is 8.18. The number of carbonyl (C=O) groups excluding carboxylic acids is 3. The molecule has 26 heavy (non-hydrogen) atoms. The number of anilines is 1. The van der Waals surface area contributed by atoms with Gasteiger partial charge in [-0.05, 0) is 58.4 Å². The maximum absolute atomic E-state index is 11.9. The van der Waals surface area contributed by atoms with Gasteiger partial charge in [-0.3, -0.25) is 5.32 Å². The molecule has 1 N–H and O–H groups in total. The Morgan fingerprint density at radius 1 is 1.08 bits per heavy atom. The number of hydrogen-bond donors (Lipinski definition) is 1. The van der Waals surface area contributed by atoms with E-state index in [4.69, 9.17) is 14.2 Å². The topological polar surface area (TPSA) is 104 Å². The fourth-order valence-electron chi connectivity index (χ4n) is 1.76. The summed E-state index contributed by atoms with van der Waals surface area (Å²) in [6.07, 6.45) is 2.08. The van der Waals surface area contributed by atoms with Gasteiger partial charge in [0.25, 0.3) is 0 Å². The zero-order valence-corrected chi connectivity index (χ0v) is 15.6. The first-order chi connectivity index (χ1) is 12.2. The summed E-state index contributed by atoms with van der Waals surface area (Å²) in [6.45, 7) is 8.79. The zero-order valence-electron chi connectivity index (χ0n) is 15.6. The van der Waals surface area contributed by atoms with E-state index in [1.807, 2.05) is 0 Å². The molecule has 8 heteroatoms. The second-order valence-corrected chi connectivity index (χ2v) is 6.10. The molecule has 0 unspecified atom stereocenters. The minimum absolute atomic E-state index is 0.132. The highest BCUT2D eigenvalue weighted by Gasteiger charge is 2.21. The van der Waals surface area contributed by atoms with Gasteiger partial charge >= 0.3 is 18.0 Å². The third-order valence-electron chi connectivity index (χ3n) is 2.72. The van der Waals surface area contributed by atoms with Gasteiger partial charge in [0.2, 0.25) is 0 Å². The van der Waals surface area contributed by atoms with Crippen LogP contribution in [0.15, 0.2) is 23.9 Å². The van der Waals surface area contributed by atoms with E-state index >= 15 is 0 Å². The van der Waals surface area contributed by atoms with Gasteiger partial charge in [-0.2, -0.15) is 0 Å². The number of nitrogens with one attached hydrogen (secondary N) is 1. The van der Waals surface area contributed by atoms with Crippen molar-refractivity contribution >= 4 is 29.9 Å². The van der Waals surface area contributed by atoms with E-state index in [1.54, 1.807) is 40.7 Å². The van der Waals surface area contributed by atoms with Gasteiger partial charge in [0.1, 0.15) is 17.0 Å².